The van der Waals surface area contributed by atoms with Gasteiger partial charge in [0.05, 0.1) is 24.6 Å². The molecule has 0 radical (unpaired) electrons. The van der Waals surface area contributed by atoms with Crippen LogP contribution in [0.3, 0.4) is 0 Å². The molecule has 1 atom stereocenters. The summed E-state index contributed by atoms with van der Waals surface area (Å²) in [4.78, 5) is 18.2. The van der Waals surface area contributed by atoms with Gasteiger partial charge in [-0.05, 0) is 35.4 Å². The molecule has 0 bridgehead atoms. The van der Waals surface area contributed by atoms with E-state index in [-0.39, 0.29) is 23.5 Å². The molecule has 154 valence electrons. The lowest BCUT2D eigenvalue weighted by Crippen LogP contribution is -2.46. The van der Waals surface area contributed by atoms with E-state index in [1.54, 1.807) is 16.2 Å². The second kappa shape index (κ2) is 8.81. The highest BCUT2D eigenvalue weighted by atomic mass is 32.2. The first-order valence-electron chi connectivity index (χ1n) is 9.99. The average molecular weight is 431 g/mol. The molecule has 1 aromatic heterocycles. The summed E-state index contributed by atoms with van der Waals surface area (Å²) in [5.41, 5.74) is 2.57. The van der Waals surface area contributed by atoms with E-state index in [0.717, 1.165) is 24.4 Å². The van der Waals surface area contributed by atoms with Crippen molar-refractivity contribution in [1.82, 2.24) is 9.80 Å². The minimum atomic E-state index is -3.04. The molecule has 1 amide bonds. The highest BCUT2D eigenvalue weighted by Gasteiger charge is 2.35. The van der Waals surface area contributed by atoms with E-state index >= 15 is 0 Å². The summed E-state index contributed by atoms with van der Waals surface area (Å²) in [6.45, 7) is 2.41. The Morgan fingerprint density at radius 1 is 1.17 bits per heavy atom. The summed E-state index contributed by atoms with van der Waals surface area (Å²) >= 11 is 1.60. The first kappa shape index (κ1) is 20.3. The summed E-state index contributed by atoms with van der Waals surface area (Å²) in [6, 6.07) is 14.1. The lowest BCUT2D eigenvalue weighted by Gasteiger charge is -2.32. The Hall–Kier alpha value is -1.96. The lowest BCUT2D eigenvalue weighted by atomic mass is 9.99. The van der Waals surface area contributed by atoms with Gasteiger partial charge in [0.1, 0.15) is 0 Å². The Morgan fingerprint density at radius 2 is 2.00 bits per heavy atom. The van der Waals surface area contributed by atoms with Crippen molar-refractivity contribution in [2.75, 3.05) is 31.1 Å². The Kier molecular flexibility index (Phi) is 6.18. The second-order valence-corrected chi connectivity index (χ2v) is 11.0. The van der Waals surface area contributed by atoms with Crippen LogP contribution in [0.5, 0.6) is 0 Å². The molecule has 4 rings (SSSR count). The van der Waals surface area contributed by atoms with Crippen LogP contribution in [-0.2, 0) is 21.2 Å². The summed E-state index contributed by atoms with van der Waals surface area (Å²) < 4.78 is 24.0. The van der Waals surface area contributed by atoms with Gasteiger partial charge in [0.25, 0.3) is 0 Å². The predicted molar refractivity (Wildman–Crippen MR) is 117 cm³/mol. The monoisotopic (exact) mass is 430 g/mol. The van der Waals surface area contributed by atoms with E-state index in [2.05, 4.69) is 23.1 Å². The topological polar surface area (TPSA) is 57.7 Å². The van der Waals surface area contributed by atoms with E-state index in [0.29, 0.717) is 19.5 Å². The number of hydrogen-bond donors (Lipinski definition) is 0. The minimum absolute atomic E-state index is 0.0251. The molecule has 0 N–H and O–H groups in total. The van der Waals surface area contributed by atoms with Gasteiger partial charge in [0.2, 0.25) is 5.91 Å². The SMILES string of the molecule is O=C(CN1CC=C(c2ccccc2)CC1)N(Cc1cccs1)[C@@H]1CCS(=O)(=O)C1. The molecule has 2 aliphatic heterocycles. The van der Waals surface area contributed by atoms with E-state index < -0.39 is 9.84 Å². The average Bonchev–Trinajstić information content (AvgIpc) is 3.36. The molecular weight excluding hydrogens is 404 g/mol. The predicted octanol–water partition coefficient (Wildman–Crippen LogP) is 3.05. The second-order valence-electron chi connectivity index (χ2n) is 7.74. The number of rotatable bonds is 6. The lowest BCUT2D eigenvalue weighted by molar-refractivity contribution is -0.134. The van der Waals surface area contributed by atoms with Crippen molar-refractivity contribution in [2.24, 2.45) is 0 Å². The maximum absolute atomic E-state index is 13.2. The zero-order valence-electron chi connectivity index (χ0n) is 16.4. The van der Waals surface area contributed by atoms with E-state index in [9.17, 15) is 13.2 Å². The third-order valence-electron chi connectivity index (χ3n) is 5.67. The molecule has 7 heteroatoms. The summed E-state index contributed by atoms with van der Waals surface area (Å²) in [7, 11) is -3.04. The van der Waals surface area contributed by atoms with Crippen LogP contribution in [0.1, 0.15) is 23.3 Å². The first-order chi connectivity index (χ1) is 14.0. The number of sulfone groups is 1. The highest BCUT2D eigenvalue weighted by Crippen LogP contribution is 2.24. The Balaban J connectivity index is 1.42. The van der Waals surface area contributed by atoms with Crippen LogP contribution in [0.15, 0.2) is 53.9 Å². The number of thiophene rings is 1. The standard InChI is InChI=1S/C22H26N2O3S2/c25-22(16-23-11-8-19(9-12-23)18-5-2-1-3-6-18)24(15-21-7-4-13-28-21)20-10-14-29(26,27)17-20/h1-8,13,20H,9-12,14-17H2/t20-/m1/s1. The van der Waals surface area contributed by atoms with Crippen LogP contribution < -0.4 is 0 Å². The molecule has 0 aliphatic carbocycles. The molecule has 2 aromatic rings. The smallest absolute Gasteiger partial charge is 0.237 e. The van der Waals surface area contributed by atoms with E-state index in [1.165, 1.54) is 11.1 Å². The fourth-order valence-electron chi connectivity index (χ4n) is 4.06. The van der Waals surface area contributed by atoms with E-state index in [4.69, 9.17) is 0 Å². The largest absolute Gasteiger partial charge is 0.332 e. The Bertz CT molecular complexity index is 969. The van der Waals surface area contributed by atoms with Gasteiger partial charge in [0.15, 0.2) is 9.84 Å². The Morgan fingerprint density at radius 3 is 2.62 bits per heavy atom. The molecule has 1 saturated heterocycles. The molecule has 0 saturated carbocycles. The highest BCUT2D eigenvalue weighted by molar-refractivity contribution is 7.91. The van der Waals surface area contributed by atoms with E-state index in [1.807, 2.05) is 35.7 Å². The number of benzene rings is 1. The molecule has 2 aliphatic rings. The fourth-order valence-corrected chi connectivity index (χ4v) is 6.50. The molecular formula is C22H26N2O3S2. The number of carbonyl (C=O) groups excluding carboxylic acids is 1. The van der Waals surface area contributed by atoms with Gasteiger partial charge in [-0.1, -0.05) is 42.5 Å². The number of amides is 1. The van der Waals surface area contributed by atoms with Crippen LogP contribution >= 0.6 is 11.3 Å². The summed E-state index contributed by atoms with van der Waals surface area (Å²) in [5.74, 6) is 0.290. The Labute approximate surface area is 176 Å². The van der Waals surface area contributed by atoms with Gasteiger partial charge < -0.3 is 4.90 Å². The van der Waals surface area contributed by atoms with Gasteiger partial charge >= 0.3 is 0 Å². The van der Waals surface area contributed by atoms with Crippen LogP contribution in [0.4, 0.5) is 0 Å². The van der Waals surface area contributed by atoms with Crippen molar-refractivity contribution in [1.29, 1.82) is 0 Å². The molecule has 0 spiro atoms. The van der Waals surface area contributed by atoms with Crippen molar-refractivity contribution in [3.63, 3.8) is 0 Å². The van der Waals surface area contributed by atoms with Crippen molar-refractivity contribution < 1.29 is 13.2 Å². The fraction of sp³-hybridized carbons (Fsp3) is 0.409. The first-order valence-corrected chi connectivity index (χ1v) is 12.7. The normalized spacial score (nSPS) is 21.7. The molecule has 1 aromatic carbocycles. The maximum atomic E-state index is 13.2. The van der Waals surface area contributed by atoms with Crippen molar-refractivity contribution >= 4 is 32.7 Å². The van der Waals surface area contributed by atoms with Gasteiger partial charge in [-0.15, -0.1) is 11.3 Å². The van der Waals surface area contributed by atoms with Gasteiger partial charge in [-0.2, -0.15) is 0 Å². The molecule has 1 fully saturated rings. The van der Waals surface area contributed by atoms with Crippen LogP contribution in [0, 0.1) is 0 Å². The third-order valence-corrected chi connectivity index (χ3v) is 8.28. The van der Waals surface area contributed by atoms with Crippen LogP contribution in [0.25, 0.3) is 5.57 Å². The van der Waals surface area contributed by atoms with Crippen molar-refractivity contribution in [3.05, 3.63) is 64.4 Å². The third kappa shape index (κ3) is 5.15. The van der Waals surface area contributed by atoms with Crippen molar-refractivity contribution in [3.8, 4) is 0 Å². The number of nitrogens with zero attached hydrogens (tertiary/aromatic N) is 2. The zero-order valence-corrected chi connectivity index (χ0v) is 18.0. The maximum Gasteiger partial charge on any atom is 0.237 e. The molecule has 3 heterocycles. The molecule has 5 nitrogen and oxygen atoms in total. The minimum Gasteiger partial charge on any atom is -0.332 e. The number of carbonyl (C=O) groups is 1. The van der Waals surface area contributed by atoms with Gasteiger partial charge in [-0.3, -0.25) is 9.69 Å². The summed E-state index contributed by atoms with van der Waals surface area (Å²) in [5, 5.41) is 1.99. The van der Waals surface area contributed by atoms with Crippen LogP contribution in [-0.4, -0.2) is 61.3 Å². The molecule has 29 heavy (non-hydrogen) atoms. The number of hydrogen-bond acceptors (Lipinski definition) is 5. The zero-order chi connectivity index (χ0) is 20.3. The van der Waals surface area contributed by atoms with Gasteiger partial charge in [-0.25, -0.2) is 8.42 Å². The quantitative estimate of drug-likeness (QED) is 0.707. The molecule has 0 unspecified atom stereocenters. The van der Waals surface area contributed by atoms with Crippen molar-refractivity contribution in [2.45, 2.75) is 25.4 Å². The van der Waals surface area contributed by atoms with Gasteiger partial charge in [0, 0.05) is 24.0 Å². The summed E-state index contributed by atoms with van der Waals surface area (Å²) in [6.07, 6.45) is 3.66. The van der Waals surface area contributed by atoms with Crippen LogP contribution in [0.2, 0.25) is 0 Å².